The molecule has 1 saturated heterocycles. The van der Waals surface area contributed by atoms with Crippen LogP contribution < -0.4 is 0 Å². The average Bonchev–Trinajstić information content (AvgIpc) is 1.83. The summed E-state index contributed by atoms with van der Waals surface area (Å²) in [6.07, 6.45) is 1.43. The molecule has 0 aliphatic carbocycles. The topological polar surface area (TPSA) is 9.23 Å². The maximum atomic E-state index is 5.40. The van der Waals surface area contributed by atoms with Crippen molar-refractivity contribution in [1.82, 2.24) is 0 Å². The van der Waals surface area contributed by atoms with Gasteiger partial charge in [-0.15, -0.1) is 0 Å². The van der Waals surface area contributed by atoms with Gasteiger partial charge in [0.1, 0.15) is 0 Å². The predicted molar refractivity (Wildman–Crippen MR) is 38.3 cm³/mol. The van der Waals surface area contributed by atoms with Crippen LogP contribution in [-0.4, -0.2) is 12.7 Å². The molecule has 1 heterocycles. The van der Waals surface area contributed by atoms with Crippen molar-refractivity contribution in [2.75, 3.05) is 6.61 Å². The smallest absolute Gasteiger partial charge is 0.0609 e. The highest BCUT2D eigenvalue weighted by molar-refractivity contribution is 5.03. The summed E-state index contributed by atoms with van der Waals surface area (Å²) in [5, 5.41) is 0. The molecule has 0 amide bonds. The number of hydrogen-bond acceptors (Lipinski definition) is 1. The van der Waals surface area contributed by atoms with Crippen LogP contribution in [0, 0.1) is 5.92 Å². The zero-order chi connectivity index (χ0) is 6.85. The average molecular weight is 126 g/mol. The molecule has 0 N–H and O–H groups in total. The molecule has 2 atom stereocenters. The Morgan fingerprint density at radius 2 is 2.22 bits per heavy atom. The summed E-state index contributed by atoms with van der Waals surface area (Å²) >= 11 is 0. The molecule has 9 heavy (non-hydrogen) atoms. The first-order chi connectivity index (χ1) is 4.22. The van der Waals surface area contributed by atoms with Gasteiger partial charge >= 0.3 is 0 Å². The normalized spacial score (nSPS) is 36.9. The third-order valence-corrected chi connectivity index (χ3v) is 2.15. The minimum absolute atomic E-state index is 0.381. The summed E-state index contributed by atoms with van der Waals surface area (Å²) in [7, 11) is 0. The molecular weight excluding hydrogens is 112 g/mol. The van der Waals surface area contributed by atoms with Crippen molar-refractivity contribution in [3.8, 4) is 0 Å². The molecule has 52 valence electrons. The Balaban J connectivity index is 2.51. The fourth-order valence-corrected chi connectivity index (χ4v) is 1.08. The van der Waals surface area contributed by atoms with Crippen LogP contribution in [0.5, 0.6) is 0 Å². The Labute approximate surface area is 56.7 Å². The van der Waals surface area contributed by atoms with Crippen molar-refractivity contribution >= 4 is 0 Å². The molecule has 1 aliphatic rings. The molecule has 1 fully saturated rings. The summed E-state index contributed by atoms with van der Waals surface area (Å²) in [5.74, 6) is 0.554. The van der Waals surface area contributed by atoms with Gasteiger partial charge in [0.05, 0.1) is 12.7 Å². The van der Waals surface area contributed by atoms with E-state index in [4.69, 9.17) is 4.74 Å². The molecule has 1 rings (SSSR count). The minimum atomic E-state index is 0.381. The van der Waals surface area contributed by atoms with Crippen LogP contribution in [0.2, 0.25) is 0 Å². The van der Waals surface area contributed by atoms with Gasteiger partial charge in [-0.3, -0.25) is 0 Å². The van der Waals surface area contributed by atoms with Gasteiger partial charge in [-0.2, -0.15) is 0 Å². The van der Waals surface area contributed by atoms with Crippen LogP contribution in [0.25, 0.3) is 0 Å². The van der Waals surface area contributed by atoms with E-state index in [0.717, 1.165) is 13.0 Å². The fourth-order valence-electron chi connectivity index (χ4n) is 1.08. The lowest BCUT2D eigenvalue weighted by Gasteiger charge is -2.27. The van der Waals surface area contributed by atoms with E-state index in [9.17, 15) is 0 Å². The molecule has 1 nitrogen and oxygen atoms in total. The summed E-state index contributed by atoms with van der Waals surface area (Å²) < 4.78 is 5.40. The van der Waals surface area contributed by atoms with E-state index < -0.39 is 0 Å². The van der Waals surface area contributed by atoms with Gasteiger partial charge in [0.25, 0.3) is 0 Å². The van der Waals surface area contributed by atoms with Crippen LogP contribution >= 0.6 is 0 Å². The lowest BCUT2D eigenvalue weighted by Crippen LogP contribution is -2.25. The van der Waals surface area contributed by atoms with E-state index in [1.807, 2.05) is 0 Å². The first-order valence-corrected chi connectivity index (χ1v) is 3.51. The highest BCUT2D eigenvalue weighted by atomic mass is 16.5. The van der Waals surface area contributed by atoms with Crippen LogP contribution in [0.15, 0.2) is 12.2 Å². The van der Waals surface area contributed by atoms with Gasteiger partial charge < -0.3 is 4.74 Å². The second-order valence-corrected chi connectivity index (χ2v) is 2.77. The van der Waals surface area contributed by atoms with Gasteiger partial charge in [0.2, 0.25) is 0 Å². The summed E-state index contributed by atoms with van der Waals surface area (Å²) in [6, 6.07) is 0. The second kappa shape index (κ2) is 2.53. The van der Waals surface area contributed by atoms with Crippen molar-refractivity contribution in [1.29, 1.82) is 0 Å². The maximum Gasteiger partial charge on any atom is 0.0609 e. The zero-order valence-corrected chi connectivity index (χ0v) is 6.18. The van der Waals surface area contributed by atoms with E-state index >= 15 is 0 Å². The highest BCUT2D eigenvalue weighted by Gasteiger charge is 2.19. The van der Waals surface area contributed by atoms with Crippen molar-refractivity contribution in [2.45, 2.75) is 26.4 Å². The largest absolute Gasteiger partial charge is 0.378 e. The molecule has 0 bridgehead atoms. The van der Waals surface area contributed by atoms with Gasteiger partial charge in [-0.25, -0.2) is 0 Å². The molecular formula is C8H14O. The molecule has 0 aromatic carbocycles. The van der Waals surface area contributed by atoms with Crippen LogP contribution in [0.3, 0.4) is 0 Å². The van der Waals surface area contributed by atoms with Crippen LogP contribution in [0.1, 0.15) is 20.3 Å². The Kier molecular flexibility index (Phi) is 1.91. The number of hydrogen-bond donors (Lipinski definition) is 0. The molecule has 1 heteroatoms. The quantitative estimate of drug-likeness (QED) is 0.451. The molecule has 0 radical (unpaired) electrons. The van der Waals surface area contributed by atoms with Crippen molar-refractivity contribution < 1.29 is 4.74 Å². The first-order valence-electron chi connectivity index (χ1n) is 3.51. The van der Waals surface area contributed by atoms with Crippen LogP contribution in [-0.2, 0) is 4.74 Å². The molecule has 0 saturated carbocycles. The number of rotatable bonds is 0. The predicted octanol–water partition coefficient (Wildman–Crippen LogP) is 1.99. The third kappa shape index (κ3) is 1.33. The van der Waals surface area contributed by atoms with E-state index in [1.54, 1.807) is 0 Å². The van der Waals surface area contributed by atoms with E-state index in [1.165, 1.54) is 5.57 Å². The van der Waals surface area contributed by atoms with Crippen molar-refractivity contribution in [3.05, 3.63) is 12.2 Å². The monoisotopic (exact) mass is 126 g/mol. The highest BCUT2D eigenvalue weighted by Crippen LogP contribution is 2.23. The van der Waals surface area contributed by atoms with E-state index in [-0.39, 0.29) is 0 Å². The molecule has 0 spiro atoms. The van der Waals surface area contributed by atoms with Gasteiger partial charge in [-0.05, 0) is 13.3 Å². The minimum Gasteiger partial charge on any atom is -0.378 e. The number of ether oxygens (including phenoxy) is 1. The Morgan fingerprint density at radius 1 is 1.56 bits per heavy atom. The lowest BCUT2D eigenvalue weighted by molar-refractivity contribution is 0.0181. The second-order valence-electron chi connectivity index (χ2n) is 2.77. The van der Waals surface area contributed by atoms with E-state index in [0.29, 0.717) is 12.0 Å². The molecule has 0 aromatic rings. The van der Waals surface area contributed by atoms with Gasteiger partial charge in [0.15, 0.2) is 0 Å². The standard InChI is InChI=1S/C8H14O/c1-6-4-5-9-8(3)7(6)2/h7-8H,1,4-5H2,2-3H3/t7-,8-/m1/s1. The van der Waals surface area contributed by atoms with Gasteiger partial charge in [-0.1, -0.05) is 19.1 Å². The molecule has 1 aliphatic heterocycles. The Hall–Kier alpha value is -0.300. The summed E-state index contributed by atoms with van der Waals surface area (Å²) in [5.41, 5.74) is 1.34. The Bertz CT molecular complexity index is 118. The van der Waals surface area contributed by atoms with Gasteiger partial charge in [0, 0.05) is 5.92 Å². The van der Waals surface area contributed by atoms with Crippen LogP contribution in [0.4, 0.5) is 0 Å². The lowest BCUT2D eigenvalue weighted by atomic mass is 9.93. The van der Waals surface area contributed by atoms with Crippen molar-refractivity contribution in [2.24, 2.45) is 5.92 Å². The molecule has 0 unspecified atom stereocenters. The summed E-state index contributed by atoms with van der Waals surface area (Å²) in [4.78, 5) is 0. The molecule has 0 aromatic heterocycles. The fraction of sp³-hybridized carbons (Fsp3) is 0.750. The Morgan fingerprint density at radius 3 is 2.67 bits per heavy atom. The first kappa shape index (κ1) is 6.81. The SMILES string of the molecule is C=C1CCO[C@H](C)[C@@H]1C. The summed E-state index contributed by atoms with van der Waals surface area (Å²) in [6.45, 7) is 9.11. The van der Waals surface area contributed by atoms with E-state index in [2.05, 4.69) is 20.4 Å². The maximum absolute atomic E-state index is 5.40. The zero-order valence-electron chi connectivity index (χ0n) is 6.18. The third-order valence-electron chi connectivity index (χ3n) is 2.15. The van der Waals surface area contributed by atoms with Crippen molar-refractivity contribution in [3.63, 3.8) is 0 Å².